The van der Waals surface area contributed by atoms with Crippen molar-refractivity contribution in [3.05, 3.63) is 385 Å². The monoisotopic (exact) mass is 1180 g/mol. The van der Waals surface area contributed by atoms with E-state index in [1.165, 1.54) is 133 Å². The second kappa shape index (κ2) is 20.6. The van der Waals surface area contributed by atoms with Gasteiger partial charge in [0.2, 0.25) is 0 Å². The highest BCUT2D eigenvalue weighted by atomic mass is 15.1. The largest absolute Gasteiger partial charge is 0.310 e. The fourth-order valence-corrected chi connectivity index (χ4v) is 16.7. The number of aromatic nitrogens is 1. The Balaban J connectivity index is 0.832. The number of anilines is 3. The maximum atomic E-state index is 2.59. The molecule has 0 N–H and O–H groups in total. The Labute approximate surface area is 541 Å². The smallest absolute Gasteiger partial charge is 0.0713 e. The van der Waals surface area contributed by atoms with Crippen LogP contribution < -0.4 is 4.90 Å². The number of benzene rings is 15. The van der Waals surface area contributed by atoms with Crippen molar-refractivity contribution in [2.24, 2.45) is 0 Å². The van der Waals surface area contributed by atoms with Gasteiger partial charge in [0.15, 0.2) is 0 Å². The van der Waals surface area contributed by atoms with Crippen molar-refractivity contribution in [1.82, 2.24) is 4.57 Å². The van der Waals surface area contributed by atoms with Gasteiger partial charge in [-0.3, -0.25) is 0 Å². The first kappa shape index (κ1) is 53.0. The lowest BCUT2D eigenvalue weighted by Gasteiger charge is -2.34. The van der Waals surface area contributed by atoms with Gasteiger partial charge in [-0.1, -0.05) is 279 Å². The average molecular weight is 1180 g/mol. The van der Waals surface area contributed by atoms with E-state index in [-0.39, 0.29) is 0 Å². The highest BCUT2D eigenvalue weighted by molar-refractivity contribution is 6.23. The molecule has 2 heterocycles. The van der Waals surface area contributed by atoms with Gasteiger partial charge in [-0.15, -0.1) is 0 Å². The van der Waals surface area contributed by atoms with Gasteiger partial charge in [-0.25, -0.2) is 0 Å². The third-order valence-electron chi connectivity index (χ3n) is 20.8. The minimum Gasteiger partial charge on any atom is -0.310 e. The van der Waals surface area contributed by atoms with E-state index in [0.717, 1.165) is 39.3 Å². The highest BCUT2D eigenvalue weighted by Crippen LogP contribution is 2.63. The molecule has 1 atom stereocenters. The Morgan fingerprint density at radius 1 is 0.290 bits per heavy atom. The first-order chi connectivity index (χ1) is 46.0. The summed E-state index contributed by atoms with van der Waals surface area (Å²) in [5, 5.41) is 5.02. The number of rotatable bonds is 10. The molecule has 1 aliphatic heterocycles. The summed E-state index contributed by atoms with van der Waals surface area (Å²) in [7, 11) is 0. The van der Waals surface area contributed by atoms with Crippen LogP contribution in [0.1, 0.15) is 45.9 Å². The van der Waals surface area contributed by atoms with Gasteiger partial charge < -0.3 is 9.47 Å². The molecule has 93 heavy (non-hydrogen) atoms. The van der Waals surface area contributed by atoms with Crippen LogP contribution in [0.4, 0.5) is 17.1 Å². The molecule has 15 aromatic carbocycles. The standard InChI is InChI=1S/C91H60N2/c1-90(69-49-47-60-27-14-15-30-63(60)54-69)81-44-24-42-74-73-40-17-20-45-83(73)93-84-46-21-18-41-75(84)86-77(58-82(90)88(87(74)81)89(86)93)66-33-22-31-62(53-66)64-32-23-38-70(55-64)92(85-52-48-65(59-25-6-2-7-26-59)56-76(85)61-28-8-3-9-29-61)71-50-51-80-78(57-71)72-39-16-19-43-79(72)91(80,67-34-10-4-11-35-67)68-36-12-5-13-37-68/h2-58H,1H3. The molecular weight excluding hydrogens is 1120 g/mol. The number of nitrogens with zero attached hydrogens (tertiary/aromatic N) is 2. The Morgan fingerprint density at radius 2 is 0.871 bits per heavy atom. The summed E-state index contributed by atoms with van der Waals surface area (Å²) in [6, 6.07) is 130. The summed E-state index contributed by atoms with van der Waals surface area (Å²) in [6.45, 7) is 2.48. The van der Waals surface area contributed by atoms with Crippen LogP contribution in [0, 0.1) is 0 Å². The molecule has 0 spiro atoms. The Bertz CT molecular complexity index is 5660. The summed E-state index contributed by atoms with van der Waals surface area (Å²) < 4.78 is 2.59. The zero-order valence-electron chi connectivity index (χ0n) is 51.3. The summed E-state index contributed by atoms with van der Waals surface area (Å²) in [5.41, 5.74) is 31.9. The lowest BCUT2D eigenvalue weighted by molar-refractivity contribution is 0.716. The third kappa shape index (κ3) is 7.76. The summed E-state index contributed by atoms with van der Waals surface area (Å²) in [6.07, 6.45) is 0. The summed E-state index contributed by atoms with van der Waals surface area (Å²) >= 11 is 0. The van der Waals surface area contributed by atoms with Crippen molar-refractivity contribution in [2.75, 3.05) is 4.90 Å². The van der Waals surface area contributed by atoms with Crippen molar-refractivity contribution in [2.45, 2.75) is 17.8 Å². The molecule has 1 unspecified atom stereocenters. The van der Waals surface area contributed by atoms with Crippen LogP contribution in [0.3, 0.4) is 0 Å². The molecule has 19 rings (SSSR count). The van der Waals surface area contributed by atoms with Crippen molar-refractivity contribution in [3.8, 4) is 83.6 Å². The molecule has 0 saturated carbocycles. The number of hydrogen-bond acceptors (Lipinski definition) is 1. The van der Waals surface area contributed by atoms with Crippen molar-refractivity contribution in [3.63, 3.8) is 0 Å². The van der Waals surface area contributed by atoms with E-state index >= 15 is 0 Å². The van der Waals surface area contributed by atoms with E-state index in [0.29, 0.717) is 0 Å². The van der Waals surface area contributed by atoms with Crippen molar-refractivity contribution in [1.29, 1.82) is 0 Å². The molecule has 1 aromatic heterocycles. The van der Waals surface area contributed by atoms with Crippen LogP contribution in [-0.4, -0.2) is 4.57 Å². The fourth-order valence-electron chi connectivity index (χ4n) is 16.7. The molecule has 0 amide bonds. The van der Waals surface area contributed by atoms with Gasteiger partial charge in [0.05, 0.1) is 27.8 Å². The molecule has 0 bridgehead atoms. The average Bonchev–Trinajstić information content (AvgIpc) is 1.51. The lowest BCUT2D eigenvalue weighted by atomic mass is 9.68. The van der Waals surface area contributed by atoms with E-state index in [2.05, 4.69) is 362 Å². The van der Waals surface area contributed by atoms with Crippen LogP contribution in [0.2, 0.25) is 0 Å². The molecule has 0 radical (unpaired) electrons. The van der Waals surface area contributed by atoms with Gasteiger partial charge in [0.1, 0.15) is 0 Å². The minimum absolute atomic E-state index is 0.473. The molecule has 2 heteroatoms. The number of para-hydroxylation sites is 2. The molecular formula is C91H60N2. The van der Waals surface area contributed by atoms with Crippen molar-refractivity contribution < 1.29 is 0 Å². The number of hydrogen-bond donors (Lipinski definition) is 0. The predicted molar refractivity (Wildman–Crippen MR) is 388 cm³/mol. The fraction of sp³-hybridized carbons (Fsp3) is 0.0330. The topological polar surface area (TPSA) is 8.17 Å². The first-order valence-electron chi connectivity index (χ1n) is 32.5. The normalized spacial score (nSPS) is 14.4. The number of fused-ring (bicyclic) bond motifs is 10. The van der Waals surface area contributed by atoms with Gasteiger partial charge in [-0.2, -0.15) is 0 Å². The highest BCUT2D eigenvalue weighted by Gasteiger charge is 2.48. The molecule has 434 valence electrons. The minimum atomic E-state index is -0.531. The zero-order valence-corrected chi connectivity index (χ0v) is 51.3. The lowest BCUT2D eigenvalue weighted by Crippen LogP contribution is -2.28. The van der Waals surface area contributed by atoms with E-state index in [1.807, 2.05) is 0 Å². The summed E-state index contributed by atoms with van der Waals surface area (Å²) in [4.78, 5) is 2.51. The summed E-state index contributed by atoms with van der Waals surface area (Å²) in [5.74, 6) is 0. The molecule has 0 saturated heterocycles. The van der Waals surface area contributed by atoms with Gasteiger partial charge >= 0.3 is 0 Å². The van der Waals surface area contributed by atoms with E-state index < -0.39 is 10.8 Å². The molecule has 2 aliphatic carbocycles. The van der Waals surface area contributed by atoms with Crippen LogP contribution >= 0.6 is 0 Å². The SMILES string of the molecule is CC1(c2ccc3ccccc3c2)c2cccc3c2-c2c1cc(-c1cccc(-c4cccc(N(c5ccc6c(c5)-c5ccccc5C6(c5ccccc5)c5ccccc5)c5ccc(-c6ccccc6)cc5-c5ccccc5)c4)c1)c1c4ccccc4n(c21)-c1ccccc1-3. The molecule has 16 aromatic rings. The van der Waals surface area contributed by atoms with E-state index in [9.17, 15) is 0 Å². The van der Waals surface area contributed by atoms with E-state index in [4.69, 9.17) is 0 Å². The molecule has 3 aliphatic rings. The first-order valence-corrected chi connectivity index (χ1v) is 32.5. The van der Waals surface area contributed by atoms with Crippen LogP contribution in [-0.2, 0) is 10.8 Å². The Morgan fingerprint density at radius 3 is 1.67 bits per heavy atom. The second-order valence-electron chi connectivity index (χ2n) is 25.5. The molecule has 2 nitrogen and oxygen atoms in total. The van der Waals surface area contributed by atoms with Crippen LogP contribution in [0.25, 0.3) is 116 Å². The maximum absolute atomic E-state index is 2.59. The Kier molecular flexibility index (Phi) is 11.7. The maximum Gasteiger partial charge on any atom is 0.0713 e. The third-order valence-corrected chi connectivity index (χ3v) is 20.8. The predicted octanol–water partition coefficient (Wildman–Crippen LogP) is 23.8. The molecule has 0 fully saturated rings. The second-order valence-corrected chi connectivity index (χ2v) is 25.5. The van der Waals surface area contributed by atoms with Gasteiger partial charge in [0, 0.05) is 44.3 Å². The Hall–Kier alpha value is -11.8. The van der Waals surface area contributed by atoms with Crippen molar-refractivity contribution >= 4 is 49.6 Å². The zero-order chi connectivity index (χ0) is 61.4. The van der Waals surface area contributed by atoms with Crippen LogP contribution in [0.15, 0.2) is 346 Å². The van der Waals surface area contributed by atoms with E-state index in [1.54, 1.807) is 0 Å². The van der Waals surface area contributed by atoms with Gasteiger partial charge in [-0.05, 0) is 185 Å². The van der Waals surface area contributed by atoms with Crippen LogP contribution in [0.5, 0.6) is 0 Å². The van der Waals surface area contributed by atoms with Gasteiger partial charge in [0.25, 0.3) is 0 Å². The quantitative estimate of drug-likeness (QED) is 0.132.